The normalized spacial score (nSPS) is 10.9. The summed E-state index contributed by atoms with van der Waals surface area (Å²) in [6, 6.07) is 11.6. The molecule has 0 unspecified atom stereocenters. The molecule has 30 heavy (non-hydrogen) atoms. The molecule has 0 amide bonds. The molecule has 3 heterocycles. The number of furan rings is 1. The van der Waals surface area contributed by atoms with Gasteiger partial charge in [-0.3, -0.25) is 4.79 Å². The molecule has 152 valence electrons. The van der Waals surface area contributed by atoms with Gasteiger partial charge in [-0.05, 0) is 56.3 Å². The Labute approximate surface area is 171 Å². The van der Waals surface area contributed by atoms with Gasteiger partial charge < -0.3 is 18.4 Å². The molecule has 0 aliphatic rings. The number of aromatic nitrogens is 2. The van der Waals surface area contributed by atoms with Gasteiger partial charge in [-0.25, -0.2) is 9.78 Å². The zero-order chi connectivity index (χ0) is 21.1. The van der Waals surface area contributed by atoms with Gasteiger partial charge in [-0.1, -0.05) is 5.16 Å². The molecule has 0 spiro atoms. The Kier molecular flexibility index (Phi) is 5.30. The highest BCUT2D eigenvalue weighted by Gasteiger charge is 2.22. The molecule has 0 N–H and O–H groups in total. The summed E-state index contributed by atoms with van der Waals surface area (Å²) in [7, 11) is 0. The van der Waals surface area contributed by atoms with E-state index in [2.05, 4.69) is 10.1 Å². The predicted octanol–water partition coefficient (Wildman–Crippen LogP) is 4.23. The van der Waals surface area contributed by atoms with Gasteiger partial charge in [-0.2, -0.15) is 0 Å². The number of benzene rings is 1. The highest BCUT2D eigenvalue weighted by atomic mass is 16.5. The van der Waals surface area contributed by atoms with Gasteiger partial charge in [0.25, 0.3) is 5.71 Å². The van der Waals surface area contributed by atoms with Gasteiger partial charge in [0.15, 0.2) is 18.2 Å². The van der Waals surface area contributed by atoms with Crippen LogP contribution in [-0.4, -0.2) is 35.1 Å². The fourth-order valence-corrected chi connectivity index (χ4v) is 3.00. The van der Waals surface area contributed by atoms with Crippen LogP contribution in [0.2, 0.25) is 0 Å². The van der Waals surface area contributed by atoms with E-state index in [0.717, 1.165) is 0 Å². The van der Waals surface area contributed by atoms with E-state index in [4.69, 9.17) is 18.4 Å². The SMILES string of the molecule is CCOc1ccc(C(=O)COC(=O)c2cc(-c3ccco3)nc3onc(C)c23)cc1. The monoisotopic (exact) mass is 406 g/mol. The molecule has 3 aromatic heterocycles. The second-order valence-electron chi connectivity index (χ2n) is 6.44. The van der Waals surface area contributed by atoms with Crippen LogP contribution in [0.4, 0.5) is 0 Å². The lowest BCUT2D eigenvalue weighted by atomic mass is 10.1. The first-order valence-electron chi connectivity index (χ1n) is 9.31. The first-order chi connectivity index (χ1) is 14.6. The molecule has 0 bridgehead atoms. The lowest BCUT2D eigenvalue weighted by molar-refractivity contribution is 0.0476. The van der Waals surface area contributed by atoms with E-state index in [0.29, 0.717) is 40.5 Å². The number of hydrogen-bond donors (Lipinski definition) is 0. The quantitative estimate of drug-likeness (QED) is 0.332. The summed E-state index contributed by atoms with van der Waals surface area (Å²) in [6.07, 6.45) is 1.50. The number of esters is 1. The van der Waals surface area contributed by atoms with Crippen LogP contribution in [0.1, 0.15) is 33.3 Å². The van der Waals surface area contributed by atoms with Crippen molar-refractivity contribution >= 4 is 22.9 Å². The second-order valence-corrected chi connectivity index (χ2v) is 6.44. The van der Waals surface area contributed by atoms with Gasteiger partial charge >= 0.3 is 5.97 Å². The summed E-state index contributed by atoms with van der Waals surface area (Å²) in [5.41, 5.74) is 1.70. The van der Waals surface area contributed by atoms with Crippen LogP contribution >= 0.6 is 0 Å². The van der Waals surface area contributed by atoms with E-state index in [1.807, 2.05) is 6.92 Å². The third kappa shape index (κ3) is 3.80. The fraction of sp³-hybridized carbons (Fsp3) is 0.182. The lowest BCUT2D eigenvalue weighted by Gasteiger charge is -2.07. The summed E-state index contributed by atoms with van der Waals surface area (Å²) >= 11 is 0. The molecule has 0 radical (unpaired) electrons. The zero-order valence-corrected chi connectivity index (χ0v) is 16.4. The smallest absolute Gasteiger partial charge is 0.339 e. The molecule has 0 saturated carbocycles. The van der Waals surface area contributed by atoms with E-state index in [1.54, 1.807) is 43.3 Å². The van der Waals surface area contributed by atoms with Gasteiger partial charge in [0.2, 0.25) is 0 Å². The van der Waals surface area contributed by atoms with Crippen molar-refractivity contribution in [3.63, 3.8) is 0 Å². The number of nitrogens with zero attached hydrogens (tertiary/aromatic N) is 2. The molecule has 8 heteroatoms. The number of fused-ring (bicyclic) bond motifs is 1. The van der Waals surface area contributed by atoms with Crippen LogP contribution < -0.4 is 4.74 Å². The van der Waals surface area contributed by atoms with Crippen molar-refractivity contribution < 1.29 is 28.0 Å². The van der Waals surface area contributed by atoms with Crippen molar-refractivity contribution in [2.75, 3.05) is 13.2 Å². The number of hydrogen-bond acceptors (Lipinski definition) is 8. The van der Waals surface area contributed by atoms with E-state index in [9.17, 15) is 9.59 Å². The van der Waals surface area contributed by atoms with Crippen molar-refractivity contribution in [2.45, 2.75) is 13.8 Å². The molecule has 4 rings (SSSR count). The number of carbonyl (C=O) groups excluding carboxylic acids is 2. The third-order valence-corrected chi connectivity index (χ3v) is 4.43. The average Bonchev–Trinajstić information content (AvgIpc) is 3.42. The Bertz CT molecular complexity index is 1190. The van der Waals surface area contributed by atoms with Gasteiger partial charge in [0.1, 0.15) is 11.4 Å². The van der Waals surface area contributed by atoms with Crippen molar-refractivity contribution in [1.82, 2.24) is 10.1 Å². The first kappa shape index (κ1) is 19.4. The molecule has 0 fully saturated rings. The summed E-state index contributed by atoms with van der Waals surface area (Å²) in [6.45, 7) is 3.70. The first-order valence-corrected chi connectivity index (χ1v) is 9.31. The van der Waals surface area contributed by atoms with Gasteiger partial charge in [0, 0.05) is 5.56 Å². The maximum absolute atomic E-state index is 12.8. The molecule has 4 aromatic rings. The lowest BCUT2D eigenvalue weighted by Crippen LogP contribution is -2.15. The van der Waals surface area contributed by atoms with Crippen LogP contribution in [0.3, 0.4) is 0 Å². The number of pyridine rings is 1. The molecule has 1 aromatic carbocycles. The topological polar surface area (TPSA) is 105 Å². The molecular formula is C22H18N2O6. The zero-order valence-electron chi connectivity index (χ0n) is 16.4. The van der Waals surface area contributed by atoms with E-state index in [-0.39, 0.29) is 17.1 Å². The molecule has 0 saturated heterocycles. The number of ketones is 1. The average molecular weight is 406 g/mol. The van der Waals surface area contributed by atoms with E-state index >= 15 is 0 Å². The van der Waals surface area contributed by atoms with Crippen molar-refractivity contribution in [1.29, 1.82) is 0 Å². The Morgan fingerprint density at radius 1 is 1.13 bits per heavy atom. The summed E-state index contributed by atoms with van der Waals surface area (Å²) < 4.78 is 21.2. The minimum atomic E-state index is -0.680. The van der Waals surface area contributed by atoms with E-state index in [1.165, 1.54) is 12.3 Å². The van der Waals surface area contributed by atoms with Crippen molar-refractivity contribution in [3.8, 4) is 17.2 Å². The number of rotatable bonds is 7. The minimum absolute atomic E-state index is 0.186. The standard InChI is InChI=1S/C22H18N2O6/c1-3-27-15-8-6-14(7-9-15)18(25)12-29-22(26)16-11-17(19-5-4-10-28-19)23-21-20(16)13(2)24-30-21/h4-11H,3,12H2,1-2H3. The molecule has 0 aliphatic carbocycles. The van der Waals surface area contributed by atoms with Crippen LogP contribution in [0.15, 0.2) is 57.7 Å². The largest absolute Gasteiger partial charge is 0.494 e. The molecular weight excluding hydrogens is 388 g/mol. The van der Waals surface area contributed by atoms with E-state index < -0.39 is 12.6 Å². The van der Waals surface area contributed by atoms with Crippen molar-refractivity contribution in [3.05, 3.63) is 65.5 Å². The molecule has 0 atom stereocenters. The minimum Gasteiger partial charge on any atom is -0.494 e. The Hall–Kier alpha value is -3.94. The van der Waals surface area contributed by atoms with Gasteiger partial charge in [-0.15, -0.1) is 0 Å². The number of Topliss-reactive ketones (excluding diaryl/α,β-unsaturated/α-hetero) is 1. The molecule has 0 aliphatic heterocycles. The highest BCUT2D eigenvalue weighted by Crippen LogP contribution is 2.27. The van der Waals surface area contributed by atoms with Gasteiger partial charge in [0.05, 0.1) is 29.5 Å². The third-order valence-electron chi connectivity index (χ3n) is 4.43. The number of aryl methyl sites for hydroxylation is 1. The van der Waals surface area contributed by atoms with Crippen LogP contribution in [0.25, 0.3) is 22.6 Å². The highest BCUT2D eigenvalue weighted by molar-refractivity contribution is 6.05. The van der Waals surface area contributed by atoms with Crippen LogP contribution in [-0.2, 0) is 4.74 Å². The fourth-order valence-electron chi connectivity index (χ4n) is 3.00. The Balaban J connectivity index is 1.55. The van der Waals surface area contributed by atoms with Crippen LogP contribution in [0.5, 0.6) is 5.75 Å². The summed E-state index contributed by atoms with van der Waals surface area (Å²) in [5.74, 6) is 0.120. The maximum Gasteiger partial charge on any atom is 0.339 e. The number of ether oxygens (including phenoxy) is 2. The second kappa shape index (κ2) is 8.20. The Morgan fingerprint density at radius 3 is 2.63 bits per heavy atom. The summed E-state index contributed by atoms with van der Waals surface area (Å²) in [4.78, 5) is 29.5. The summed E-state index contributed by atoms with van der Waals surface area (Å²) in [5, 5.41) is 4.31. The Morgan fingerprint density at radius 2 is 1.93 bits per heavy atom. The van der Waals surface area contributed by atoms with Crippen LogP contribution in [0, 0.1) is 6.92 Å². The maximum atomic E-state index is 12.8. The predicted molar refractivity (Wildman–Crippen MR) is 106 cm³/mol. The van der Waals surface area contributed by atoms with Crippen molar-refractivity contribution in [2.24, 2.45) is 0 Å². The molecule has 8 nitrogen and oxygen atoms in total. The number of carbonyl (C=O) groups is 2.